The monoisotopic (exact) mass is 467 g/mol. The van der Waals surface area contributed by atoms with Crippen molar-refractivity contribution in [2.75, 3.05) is 26.2 Å². The van der Waals surface area contributed by atoms with E-state index in [0.29, 0.717) is 6.54 Å². The van der Waals surface area contributed by atoms with Gasteiger partial charge in [-0.05, 0) is 52.6 Å². The van der Waals surface area contributed by atoms with Gasteiger partial charge in [-0.25, -0.2) is 4.68 Å². The molecule has 2 aromatic carbocycles. The lowest BCUT2D eigenvalue weighted by Gasteiger charge is -2.43. The van der Waals surface area contributed by atoms with E-state index in [-0.39, 0.29) is 6.04 Å². The lowest BCUT2D eigenvalue weighted by Crippen LogP contribution is -2.52. The first-order chi connectivity index (χ1) is 17.3. The molecule has 0 radical (unpaired) electrons. The summed E-state index contributed by atoms with van der Waals surface area (Å²) in [6.45, 7) is 4.92. The van der Waals surface area contributed by atoms with Crippen LogP contribution < -0.4 is 0 Å². The zero-order valence-corrected chi connectivity index (χ0v) is 20.2. The summed E-state index contributed by atoms with van der Waals surface area (Å²) in [7, 11) is 0. The zero-order valence-electron chi connectivity index (χ0n) is 20.2. The zero-order chi connectivity index (χ0) is 23.5. The normalized spacial score (nSPS) is 19.2. The molecule has 7 nitrogen and oxygen atoms in total. The van der Waals surface area contributed by atoms with Gasteiger partial charge in [0, 0.05) is 43.8 Å². The van der Waals surface area contributed by atoms with Gasteiger partial charge in [0.25, 0.3) is 0 Å². The Balaban J connectivity index is 1.31. The first-order valence-corrected chi connectivity index (χ1v) is 13.0. The molecule has 2 aliphatic rings. The molecule has 0 spiro atoms. The molecule has 1 aliphatic heterocycles. The van der Waals surface area contributed by atoms with Crippen LogP contribution in [0.2, 0.25) is 0 Å². The number of piperazine rings is 1. The van der Waals surface area contributed by atoms with E-state index in [9.17, 15) is 0 Å². The van der Waals surface area contributed by atoms with Crippen molar-refractivity contribution in [1.29, 1.82) is 0 Å². The van der Waals surface area contributed by atoms with Gasteiger partial charge >= 0.3 is 0 Å². The SMILES string of the molecule is c1ccc(Cn2nnnc2[C@@H](c2ccc3ncccc3c2)N2CCN(C3CCCCC3)CC2)cc1. The summed E-state index contributed by atoms with van der Waals surface area (Å²) in [5, 5.41) is 14.3. The second-order valence-corrected chi connectivity index (χ2v) is 9.90. The van der Waals surface area contributed by atoms with E-state index >= 15 is 0 Å². The number of nitrogens with zero attached hydrogens (tertiary/aromatic N) is 7. The Labute approximate surface area is 206 Å². The number of tetrazole rings is 1. The molecule has 1 aliphatic carbocycles. The number of aromatic nitrogens is 5. The van der Waals surface area contributed by atoms with Crippen LogP contribution in [0.15, 0.2) is 66.9 Å². The molecule has 1 saturated carbocycles. The van der Waals surface area contributed by atoms with E-state index in [0.717, 1.165) is 48.9 Å². The van der Waals surface area contributed by atoms with Gasteiger partial charge in [0.1, 0.15) is 0 Å². The fourth-order valence-electron chi connectivity index (χ4n) is 5.87. The maximum atomic E-state index is 4.58. The minimum atomic E-state index is 0.00632. The van der Waals surface area contributed by atoms with Crippen molar-refractivity contribution in [3.05, 3.63) is 83.8 Å². The van der Waals surface area contributed by atoms with Gasteiger partial charge in [-0.1, -0.05) is 61.7 Å². The summed E-state index contributed by atoms with van der Waals surface area (Å²) in [6.07, 6.45) is 8.73. The Morgan fingerprint density at radius 2 is 1.69 bits per heavy atom. The number of rotatable bonds is 6. The van der Waals surface area contributed by atoms with E-state index in [1.54, 1.807) is 0 Å². The topological polar surface area (TPSA) is 63.0 Å². The van der Waals surface area contributed by atoms with Crippen LogP contribution in [0.4, 0.5) is 0 Å². The summed E-state index contributed by atoms with van der Waals surface area (Å²) in [6, 6.07) is 21.9. The molecule has 1 saturated heterocycles. The molecule has 0 bridgehead atoms. The number of fused-ring (bicyclic) bond motifs is 1. The fraction of sp³-hybridized carbons (Fsp3) is 0.429. The molecule has 180 valence electrons. The third kappa shape index (κ3) is 4.83. The second kappa shape index (κ2) is 10.2. The van der Waals surface area contributed by atoms with Gasteiger partial charge in [-0.15, -0.1) is 5.10 Å². The van der Waals surface area contributed by atoms with E-state index in [4.69, 9.17) is 0 Å². The second-order valence-electron chi connectivity index (χ2n) is 9.90. The average molecular weight is 468 g/mol. The molecule has 0 amide bonds. The maximum Gasteiger partial charge on any atom is 0.173 e. The van der Waals surface area contributed by atoms with Crippen LogP contribution in [0, 0.1) is 0 Å². The predicted molar refractivity (Wildman–Crippen MR) is 137 cm³/mol. The largest absolute Gasteiger partial charge is 0.298 e. The van der Waals surface area contributed by atoms with Crippen molar-refractivity contribution < 1.29 is 0 Å². The van der Waals surface area contributed by atoms with Gasteiger partial charge in [-0.2, -0.15) is 0 Å². The van der Waals surface area contributed by atoms with Gasteiger partial charge in [0.15, 0.2) is 5.82 Å². The molecule has 1 atom stereocenters. The highest BCUT2D eigenvalue weighted by Crippen LogP contribution is 2.32. The third-order valence-corrected chi connectivity index (χ3v) is 7.73. The molecule has 35 heavy (non-hydrogen) atoms. The Bertz CT molecular complexity index is 1240. The summed E-state index contributed by atoms with van der Waals surface area (Å²) in [5.74, 6) is 0.906. The van der Waals surface area contributed by atoms with Gasteiger partial charge < -0.3 is 0 Å². The first-order valence-electron chi connectivity index (χ1n) is 13.0. The predicted octanol–water partition coefficient (Wildman–Crippen LogP) is 4.31. The molecule has 2 fully saturated rings. The molecule has 7 heteroatoms. The number of hydrogen-bond donors (Lipinski definition) is 0. The van der Waals surface area contributed by atoms with Crippen LogP contribution in [0.3, 0.4) is 0 Å². The number of pyridine rings is 1. The van der Waals surface area contributed by atoms with Crippen LogP contribution in [-0.2, 0) is 6.54 Å². The van der Waals surface area contributed by atoms with E-state index in [1.165, 1.54) is 43.2 Å². The average Bonchev–Trinajstić information content (AvgIpc) is 3.37. The molecule has 0 N–H and O–H groups in total. The molecule has 0 unspecified atom stereocenters. The van der Waals surface area contributed by atoms with Crippen molar-refractivity contribution >= 4 is 10.9 Å². The van der Waals surface area contributed by atoms with Crippen molar-refractivity contribution in [2.45, 2.75) is 50.7 Å². The lowest BCUT2D eigenvalue weighted by atomic mass is 9.93. The smallest absolute Gasteiger partial charge is 0.173 e. The molecule has 3 heterocycles. The number of hydrogen-bond acceptors (Lipinski definition) is 6. The van der Waals surface area contributed by atoms with Gasteiger partial charge in [0.2, 0.25) is 0 Å². The molecular formula is C28H33N7. The Hall–Kier alpha value is -3.16. The van der Waals surface area contributed by atoms with Crippen LogP contribution in [0.1, 0.15) is 55.1 Å². The quantitative estimate of drug-likeness (QED) is 0.421. The lowest BCUT2D eigenvalue weighted by molar-refractivity contribution is 0.0621. The minimum Gasteiger partial charge on any atom is -0.298 e. The summed E-state index contributed by atoms with van der Waals surface area (Å²) < 4.78 is 1.97. The summed E-state index contributed by atoms with van der Waals surface area (Å²) in [5.41, 5.74) is 3.44. The maximum absolute atomic E-state index is 4.58. The van der Waals surface area contributed by atoms with Crippen LogP contribution in [0.25, 0.3) is 10.9 Å². The summed E-state index contributed by atoms with van der Waals surface area (Å²) in [4.78, 5) is 9.83. The Morgan fingerprint density at radius 3 is 2.51 bits per heavy atom. The highest BCUT2D eigenvalue weighted by molar-refractivity contribution is 5.79. The van der Waals surface area contributed by atoms with Gasteiger partial charge in [-0.3, -0.25) is 14.8 Å². The highest BCUT2D eigenvalue weighted by atomic mass is 15.6. The van der Waals surface area contributed by atoms with Crippen molar-refractivity contribution in [2.24, 2.45) is 0 Å². The third-order valence-electron chi connectivity index (χ3n) is 7.73. The van der Waals surface area contributed by atoms with E-state index in [1.807, 2.05) is 23.0 Å². The van der Waals surface area contributed by atoms with Crippen LogP contribution in [-0.4, -0.2) is 67.2 Å². The molecule has 2 aromatic heterocycles. The Kier molecular flexibility index (Phi) is 6.51. The molecular weight excluding hydrogens is 434 g/mol. The standard InChI is InChI=1S/C28H33N7/c1-3-8-22(9-4-1)21-35-28(30-31-32-35)27(24-13-14-26-23(20-24)10-7-15-29-26)34-18-16-33(17-19-34)25-11-5-2-6-12-25/h1,3-4,7-10,13-15,20,25,27H,2,5-6,11-12,16-19,21H2/t27-/m1/s1. The Morgan fingerprint density at radius 1 is 0.857 bits per heavy atom. The molecule has 6 rings (SSSR count). The van der Waals surface area contributed by atoms with Crippen molar-refractivity contribution in [3.63, 3.8) is 0 Å². The van der Waals surface area contributed by atoms with Crippen molar-refractivity contribution in [3.8, 4) is 0 Å². The molecule has 4 aromatic rings. The number of benzene rings is 2. The highest BCUT2D eigenvalue weighted by Gasteiger charge is 2.33. The van der Waals surface area contributed by atoms with Gasteiger partial charge in [0.05, 0.1) is 18.1 Å². The fourth-order valence-corrected chi connectivity index (χ4v) is 5.87. The van der Waals surface area contributed by atoms with E-state index in [2.05, 4.69) is 78.8 Å². The van der Waals surface area contributed by atoms with E-state index < -0.39 is 0 Å². The van der Waals surface area contributed by atoms with Crippen molar-refractivity contribution in [1.82, 2.24) is 35.0 Å². The summed E-state index contributed by atoms with van der Waals surface area (Å²) >= 11 is 0. The first kappa shape index (κ1) is 22.3. The van der Waals surface area contributed by atoms with Crippen LogP contribution >= 0.6 is 0 Å². The van der Waals surface area contributed by atoms with Crippen LogP contribution in [0.5, 0.6) is 0 Å². The minimum absolute atomic E-state index is 0.00632.